The molecule has 0 bridgehead atoms. The SMILES string of the molecule is CCO[C@@H]1C[C@@H](NS(=O)(=O)CCCC#N)C12CCCCC2. The van der Waals surface area contributed by atoms with Crippen molar-refractivity contribution in [2.45, 2.75) is 70.4 Å². The first-order valence-electron chi connectivity index (χ1n) is 8.02. The minimum absolute atomic E-state index is 0.0105. The fraction of sp³-hybridized carbons (Fsp3) is 0.933. The smallest absolute Gasteiger partial charge is 0.211 e. The van der Waals surface area contributed by atoms with E-state index in [2.05, 4.69) is 4.72 Å². The summed E-state index contributed by atoms with van der Waals surface area (Å²) >= 11 is 0. The van der Waals surface area contributed by atoms with Crippen LogP contribution in [0.2, 0.25) is 0 Å². The van der Waals surface area contributed by atoms with Crippen molar-refractivity contribution in [1.82, 2.24) is 4.72 Å². The number of sulfonamides is 1. The molecule has 120 valence electrons. The maximum absolute atomic E-state index is 12.1. The first-order chi connectivity index (χ1) is 10.0. The largest absolute Gasteiger partial charge is 0.378 e. The molecule has 0 heterocycles. The zero-order chi connectivity index (χ0) is 15.3. The minimum Gasteiger partial charge on any atom is -0.378 e. The highest BCUT2D eigenvalue weighted by Gasteiger charge is 2.56. The van der Waals surface area contributed by atoms with E-state index >= 15 is 0 Å². The number of nitrogens with zero attached hydrogens (tertiary/aromatic N) is 1. The molecule has 2 aliphatic rings. The lowest BCUT2D eigenvalue weighted by Gasteiger charge is -2.57. The Labute approximate surface area is 128 Å². The molecule has 2 aliphatic carbocycles. The maximum Gasteiger partial charge on any atom is 0.211 e. The number of nitriles is 1. The molecule has 0 aromatic rings. The van der Waals surface area contributed by atoms with E-state index in [1.54, 1.807) is 0 Å². The Balaban J connectivity index is 1.98. The summed E-state index contributed by atoms with van der Waals surface area (Å²) in [5.41, 5.74) is 0.0105. The molecule has 1 spiro atoms. The van der Waals surface area contributed by atoms with Gasteiger partial charge in [-0.1, -0.05) is 19.3 Å². The molecule has 1 N–H and O–H groups in total. The van der Waals surface area contributed by atoms with Gasteiger partial charge in [-0.15, -0.1) is 0 Å². The molecular formula is C15H26N2O3S. The van der Waals surface area contributed by atoms with Crippen molar-refractivity contribution in [2.75, 3.05) is 12.4 Å². The summed E-state index contributed by atoms with van der Waals surface area (Å²) in [6, 6.07) is 2.01. The lowest BCUT2D eigenvalue weighted by atomic mass is 9.55. The van der Waals surface area contributed by atoms with Gasteiger partial charge >= 0.3 is 0 Å². The Morgan fingerprint density at radius 3 is 2.67 bits per heavy atom. The number of ether oxygens (including phenoxy) is 1. The first kappa shape index (κ1) is 16.7. The number of nitrogens with one attached hydrogen (secondary N) is 1. The van der Waals surface area contributed by atoms with Crippen LogP contribution >= 0.6 is 0 Å². The van der Waals surface area contributed by atoms with Gasteiger partial charge in [0.15, 0.2) is 0 Å². The average molecular weight is 314 g/mol. The molecule has 0 saturated heterocycles. The molecule has 0 amide bonds. The second-order valence-corrected chi connectivity index (χ2v) is 8.10. The zero-order valence-electron chi connectivity index (χ0n) is 12.8. The van der Waals surface area contributed by atoms with Crippen molar-refractivity contribution in [2.24, 2.45) is 5.41 Å². The standard InChI is InChI=1S/C15H26N2O3S/c1-2-20-14-12-13(15(14)8-4-3-5-9-15)17-21(18,19)11-7-6-10-16/h13-14,17H,2-9,11-12H2,1H3/t13-,14-/m1/s1. The fourth-order valence-electron chi connectivity index (χ4n) is 3.85. The molecule has 0 aromatic carbocycles. The van der Waals surface area contributed by atoms with Gasteiger partial charge < -0.3 is 4.74 Å². The number of hydrogen-bond acceptors (Lipinski definition) is 4. The average Bonchev–Trinajstić information content (AvgIpc) is 2.47. The van der Waals surface area contributed by atoms with E-state index in [-0.39, 0.29) is 29.7 Å². The second-order valence-electron chi connectivity index (χ2n) is 6.22. The molecule has 0 unspecified atom stereocenters. The summed E-state index contributed by atoms with van der Waals surface area (Å²) < 4.78 is 33.0. The minimum atomic E-state index is -3.28. The van der Waals surface area contributed by atoms with E-state index in [4.69, 9.17) is 10.00 Å². The molecule has 0 aromatic heterocycles. The van der Waals surface area contributed by atoms with E-state index in [1.807, 2.05) is 13.0 Å². The van der Waals surface area contributed by atoms with Gasteiger partial charge in [0.2, 0.25) is 10.0 Å². The molecule has 2 saturated carbocycles. The molecule has 21 heavy (non-hydrogen) atoms. The summed E-state index contributed by atoms with van der Waals surface area (Å²) in [6.45, 7) is 2.68. The number of rotatable bonds is 7. The Kier molecular flexibility index (Phi) is 5.64. The van der Waals surface area contributed by atoms with Crippen molar-refractivity contribution >= 4 is 10.0 Å². The number of unbranched alkanes of at least 4 members (excludes halogenated alkanes) is 1. The van der Waals surface area contributed by atoms with Gasteiger partial charge in [-0.3, -0.25) is 0 Å². The lowest BCUT2D eigenvalue weighted by Crippen LogP contribution is -2.65. The predicted octanol–water partition coefficient (Wildman–Crippen LogP) is 2.34. The van der Waals surface area contributed by atoms with Crippen molar-refractivity contribution in [3.63, 3.8) is 0 Å². The van der Waals surface area contributed by atoms with Gasteiger partial charge in [-0.2, -0.15) is 5.26 Å². The van der Waals surface area contributed by atoms with E-state index in [0.29, 0.717) is 13.0 Å². The van der Waals surface area contributed by atoms with Crippen LogP contribution in [0.3, 0.4) is 0 Å². The van der Waals surface area contributed by atoms with Gasteiger partial charge in [0.25, 0.3) is 0 Å². The van der Waals surface area contributed by atoms with Crippen LogP contribution in [0.15, 0.2) is 0 Å². The highest BCUT2D eigenvalue weighted by atomic mass is 32.2. The van der Waals surface area contributed by atoms with Crippen molar-refractivity contribution < 1.29 is 13.2 Å². The van der Waals surface area contributed by atoms with E-state index in [9.17, 15) is 8.42 Å². The monoisotopic (exact) mass is 314 g/mol. The maximum atomic E-state index is 12.1. The number of hydrogen-bond donors (Lipinski definition) is 1. The van der Waals surface area contributed by atoms with Crippen LogP contribution in [0.5, 0.6) is 0 Å². The summed E-state index contributed by atoms with van der Waals surface area (Å²) in [5.74, 6) is 0.0481. The summed E-state index contributed by atoms with van der Waals surface area (Å²) in [5, 5.41) is 8.51. The van der Waals surface area contributed by atoms with Crippen LogP contribution in [0, 0.1) is 16.7 Å². The fourth-order valence-corrected chi connectivity index (χ4v) is 5.25. The third-order valence-corrected chi connectivity index (χ3v) is 6.43. The van der Waals surface area contributed by atoms with Crippen LogP contribution in [0.4, 0.5) is 0 Å². The Bertz CT molecular complexity index is 478. The summed E-state index contributed by atoms with van der Waals surface area (Å²) in [7, 11) is -3.28. The van der Waals surface area contributed by atoms with Gasteiger partial charge in [-0.05, 0) is 32.6 Å². The topological polar surface area (TPSA) is 79.2 Å². The Morgan fingerprint density at radius 1 is 1.33 bits per heavy atom. The van der Waals surface area contributed by atoms with Gasteiger partial charge in [0.05, 0.1) is 17.9 Å². The third kappa shape index (κ3) is 3.77. The highest BCUT2D eigenvalue weighted by molar-refractivity contribution is 7.89. The summed E-state index contributed by atoms with van der Waals surface area (Å²) in [6.07, 6.45) is 7.36. The van der Waals surface area contributed by atoms with Crippen LogP contribution in [0.1, 0.15) is 58.3 Å². The predicted molar refractivity (Wildman–Crippen MR) is 81.1 cm³/mol. The molecular weight excluding hydrogens is 288 g/mol. The molecule has 0 aliphatic heterocycles. The van der Waals surface area contributed by atoms with E-state index < -0.39 is 10.0 Å². The molecule has 0 radical (unpaired) electrons. The van der Waals surface area contributed by atoms with Gasteiger partial charge in [0, 0.05) is 24.5 Å². The molecule has 2 rings (SSSR count). The Morgan fingerprint density at radius 2 is 2.05 bits per heavy atom. The molecule has 5 nitrogen and oxygen atoms in total. The third-order valence-electron chi connectivity index (χ3n) is 4.96. The molecule has 2 atom stereocenters. The Hall–Kier alpha value is -0.640. The quantitative estimate of drug-likeness (QED) is 0.731. The highest BCUT2D eigenvalue weighted by Crippen LogP contribution is 2.53. The van der Waals surface area contributed by atoms with E-state index in [0.717, 1.165) is 32.1 Å². The van der Waals surface area contributed by atoms with Crippen molar-refractivity contribution in [3.8, 4) is 6.07 Å². The molecule has 2 fully saturated rings. The van der Waals surface area contributed by atoms with Crippen LogP contribution in [0.25, 0.3) is 0 Å². The van der Waals surface area contributed by atoms with Gasteiger partial charge in [-0.25, -0.2) is 13.1 Å². The lowest BCUT2D eigenvalue weighted by molar-refractivity contribution is -0.144. The van der Waals surface area contributed by atoms with Crippen molar-refractivity contribution in [1.29, 1.82) is 5.26 Å². The molecule has 6 heteroatoms. The van der Waals surface area contributed by atoms with Crippen LogP contribution in [-0.2, 0) is 14.8 Å². The second kappa shape index (κ2) is 7.08. The van der Waals surface area contributed by atoms with Crippen LogP contribution < -0.4 is 4.72 Å². The van der Waals surface area contributed by atoms with Gasteiger partial charge in [0.1, 0.15) is 0 Å². The first-order valence-corrected chi connectivity index (χ1v) is 9.68. The van der Waals surface area contributed by atoms with Crippen molar-refractivity contribution in [3.05, 3.63) is 0 Å². The van der Waals surface area contributed by atoms with E-state index in [1.165, 1.54) is 6.42 Å². The zero-order valence-corrected chi connectivity index (χ0v) is 13.6. The van der Waals surface area contributed by atoms with Crippen LogP contribution in [-0.4, -0.2) is 32.9 Å². The summed E-state index contributed by atoms with van der Waals surface area (Å²) in [4.78, 5) is 0. The normalized spacial score (nSPS) is 28.0.